The molecule has 1 fully saturated rings. The fraction of sp³-hybridized carbons (Fsp3) is 0.500. The first-order chi connectivity index (χ1) is 11.2. The number of hydrogen-bond donors (Lipinski definition) is 1. The summed E-state index contributed by atoms with van der Waals surface area (Å²) in [5, 5.41) is 9.67. The second-order valence-corrected chi connectivity index (χ2v) is 5.64. The van der Waals surface area contributed by atoms with E-state index in [0.717, 1.165) is 42.7 Å². The van der Waals surface area contributed by atoms with Crippen molar-refractivity contribution in [2.45, 2.75) is 51.4 Å². The minimum absolute atomic E-state index is 0.130. The highest BCUT2D eigenvalue weighted by molar-refractivity contribution is 5.53. The highest BCUT2D eigenvalue weighted by atomic mass is 19.1. The number of rotatable bonds is 4. The van der Waals surface area contributed by atoms with Crippen LogP contribution in [-0.2, 0) is 11.3 Å². The standard InChI is InChI=1S/C17H21NO3.CH3F/c1-12-16(11-20-15-9-5-8-14(19)10-15)18-17(21-12)13-6-3-2-4-7-13;1-2/h2-4,6-7,14-15,19H,5,8-11H2,1H3;1H3. The first kappa shape index (κ1) is 17.6. The molecule has 2 aromatic rings. The third kappa shape index (κ3) is 4.88. The Balaban J connectivity index is 0.000000924. The van der Waals surface area contributed by atoms with E-state index in [1.807, 2.05) is 37.3 Å². The maximum atomic E-state index is 9.67. The van der Waals surface area contributed by atoms with Crippen LogP contribution in [0.1, 0.15) is 37.1 Å². The third-order valence-electron chi connectivity index (χ3n) is 3.97. The number of aryl methyl sites for hydroxylation is 1. The van der Waals surface area contributed by atoms with Gasteiger partial charge in [0.2, 0.25) is 5.89 Å². The lowest BCUT2D eigenvalue weighted by Gasteiger charge is -2.25. The quantitative estimate of drug-likeness (QED) is 0.923. The molecule has 1 saturated carbocycles. The van der Waals surface area contributed by atoms with Gasteiger partial charge in [-0.05, 0) is 44.7 Å². The van der Waals surface area contributed by atoms with Crippen LogP contribution in [0.2, 0.25) is 0 Å². The summed E-state index contributed by atoms with van der Waals surface area (Å²) in [4.78, 5) is 4.53. The van der Waals surface area contributed by atoms with E-state index < -0.39 is 0 Å². The summed E-state index contributed by atoms with van der Waals surface area (Å²) < 4.78 is 21.1. The Labute approximate surface area is 136 Å². The van der Waals surface area contributed by atoms with Crippen molar-refractivity contribution in [2.75, 3.05) is 7.18 Å². The molecule has 1 N–H and O–H groups in total. The van der Waals surface area contributed by atoms with Crippen LogP contribution in [0.4, 0.5) is 4.39 Å². The van der Waals surface area contributed by atoms with Crippen LogP contribution in [0, 0.1) is 6.92 Å². The number of aromatic nitrogens is 1. The minimum Gasteiger partial charge on any atom is -0.441 e. The first-order valence-electron chi connectivity index (χ1n) is 7.91. The number of alkyl halides is 1. The van der Waals surface area contributed by atoms with E-state index in [2.05, 4.69) is 4.98 Å². The maximum absolute atomic E-state index is 9.67. The van der Waals surface area contributed by atoms with Crippen molar-refractivity contribution in [3.8, 4) is 11.5 Å². The highest BCUT2D eigenvalue weighted by Gasteiger charge is 2.21. The lowest BCUT2D eigenvalue weighted by molar-refractivity contribution is -0.0240. The van der Waals surface area contributed by atoms with Gasteiger partial charge in [-0.15, -0.1) is 0 Å². The van der Waals surface area contributed by atoms with Crippen molar-refractivity contribution in [3.05, 3.63) is 41.8 Å². The van der Waals surface area contributed by atoms with Gasteiger partial charge < -0.3 is 14.3 Å². The molecule has 0 amide bonds. The summed E-state index contributed by atoms with van der Waals surface area (Å²) in [5.74, 6) is 1.43. The predicted molar refractivity (Wildman–Crippen MR) is 86.8 cm³/mol. The molecule has 0 spiro atoms. The van der Waals surface area contributed by atoms with E-state index in [4.69, 9.17) is 9.15 Å². The number of aliphatic hydroxyl groups is 1. The SMILES string of the molecule is CF.Cc1oc(-c2ccccc2)nc1COC1CCCC(O)C1. The number of aliphatic hydroxyl groups excluding tert-OH is 1. The largest absolute Gasteiger partial charge is 0.441 e. The zero-order valence-electron chi connectivity index (χ0n) is 13.7. The van der Waals surface area contributed by atoms with Crippen LogP contribution >= 0.6 is 0 Å². The van der Waals surface area contributed by atoms with Crippen LogP contribution in [-0.4, -0.2) is 29.5 Å². The molecule has 3 rings (SSSR count). The molecule has 0 bridgehead atoms. The van der Waals surface area contributed by atoms with Gasteiger partial charge in [0, 0.05) is 5.56 Å². The number of oxazole rings is 1. The van der Waals surface area contributed by atoms with Gasteiger partial charge in [-0.3, -0.25) is 4.39 Å². The van der Waals surface area contributed by atoms with E-state index in [9.17, 15) is 9.50 Å². The molecule has 1 aliphatic rings. The molecule has 1 aromatic heterocycles. The van der Waals surface area contributed by atoms with Gasteiger partial charge in [0.05, 0.1) is 26.0 Å². The molecule has 0 radical (unpaired) electrons. The lowest BCUT2D eigenvalue weighted by Crippen LogP contribution is -2.25. The van der Waals surface area contributed by atoms with Gasteiger partial charge in [-0.1, -0.05) is 18.2 Å². The fourth-order valence-corrected chi connectivity index (χ4v) is 2.73. The molecule has 0 saturated heterocycles. The Kier molecular flexibility index (Phi) is 6.74. The Hall–Kier alpha value is -1.72. The second kappa shape index (κ2) is 8.79. The van der Waals surface area contributed by atoms with Crippen molar-refractivity contribution >= 4 is 0 Å². The second-order valence-electron chi connectivity index (χ2n) is 5.64. The van der Waals surface area contributed by atoms with E-state index >= 15 is 0 Å². The molecular formula is C18H24FNO3. The molecule has 0 aliphatic heterocycles. The summed E-state index contributed by atoms with van der Waals surface area (Å²) in [6.07, 6.45) is 3.56. The van der Waals surface area contributed by atoms with E-state index in [1.165, 1.54) is 0 Å². The number of halogens is 1. The molecular weight excluding hydrogens is 297 g/mol. The summed E-state index contributed by atoms with van der Waals surface area (Å²) in [7, 11) is 0.500. The van der Waals surface area contributed by atoms with E-state index in [1.54, 1.807) is 0 Å². The Bertz CT molecular complexity index is 585. The molecule has 2 atom stereocenters. The molecule has 1 aromatic carbocycles. The van der Waals surface area contributed by atoms with Gasteiger partial charge in [0.25, 0.3) is 0 Å². The monoisotopic (exact) mass is 321 g/mol. The zero-order chi connectivity index (χ0) is 16.7. The third-order valence-corrected chi connectivity index (χ3v) is 3.97. The molecule has 23 heavy (non-hydrogen) atoms. The van der Waals surface area contributed by atoms with Crippen molar-refractivity contribution < 1.29 is 18.7 Å². The molecule has 4 nitrogen and oxygen atoms in total. The summed E-state index contributed by atoms with van der Waals surface area (Å²) in [6, 6.07) is 9.86. The molecule has 126 valence electrons. The van der Waals surface area contributed by atoms with E-state index in [-0.39, 0.29) is 12.2 Å². The topological polar surface area (TPSA) is 55.5 Å². The van der Waals surface area contributed by atoms with Gasteiger partial charge in [0.1, 0.15) is 11.5 Å². The molecule has 1 aliphatic carbocycles. The first-order valence-corrected chi connectivity index (χ1v) is 7.91. The van der Waals surface area contributed by atoms with Crippen LogP contribution in [0.3, 0.4) is 0 Å². The predicted octanol–water partition coefficient (Wildman–Crippen LogP) is 4.06. The Morgan fingerprint density at radius 1 is 1.26 bits per heavy atom. The lowest BCUT2D eigenvalue weighted by atomic mass is 9.95. The minimum atomic E-state index is -0.220. The average Bonchev–Trinajstić information content (AvgIpc) is 2.97. The molecule has 1 heterocycles. The van der Waals surface area contributed by atoms with Crippen molar-refractivity contribution in [2.24, 2.45) is 0 Å². The van der Waals surface area contributed by atoms with Gasteiger partial charge in [0.15, 0.2) is 0 Å². The number of nitrogens with zero attached hydrogens (tertiary/aromatic N) is 1. The average molecular weight is 321 g/mol. The number of hydrogen-bond acceptors (Lipinski definition) is 4. The van der Waals surface area contributed by atoms with Crippen molar-refractivity contribution in [3.63, 3.8) is 0 Å². The molecule has 5 heteroatoms. The summed E-state index contributed by atoms with van der Waals surface area (Å²) in [5.41, 5.74) is 1.81. The zero-order valence-corrected chi connectivity index (χ0v) is 13.7. The Morgan fingerprint density at radius 3 is 2.70 bits per heavy atom. The number of benzene rings is 1. The summed E-state index contributed by atoms with van der Waals surface area (Å²) in [6.45, 7) is 2.35. The van der Waals surface area contributed by atoms with Crippen LogP contribution in [0.25, 0.3) is 11.5 Å². The smallest absolute Gasteiger partial charge is 0.226 e. The van der Waals surface area contributed by atoms with Crippen molar-refractivity contribution in [1.82, 2.24) is 4.98 Å². The fourth-order valence-electron chi connectivity index (χ4n) is 2.73. The van der Waals surface area contributed by atoms with Crippen LogP contribution in [0.5, 0.6) is 0 Å². The molecule has 2 unspecified atom stereocenters. The van der Waals surface area contributed by atoms with Gasteiger partial charge in [-0.25, -0.2) is 4.98 Å². The highest BCUT2D eigenvalue weighted by Crippen LogP contribution is 2.25. The maximum Gasteiger partial charge on any atom is 0.226 e. The number of ether oxygens (including phenoxy) is 1. The van der Waals surface area contributed by atoms with Crippen LogP contribution in [0.15, 0.2) is 34.7 Å². The summed E-state index contributed by atoms with van der Waals surface area (Å²) >= 11 is 0. The van der Waals surface area contributed by atoms with Gasteiger partial charge in [-0.2, -0.15) is 0 Å². The Morgan fingerprint density at radius 2 is 2.00 bits per heavy atom. The van der Waals surface area contributed by atoms with Crippen molar-refractivity contribution in [1.29, 1.82) is 0 Å². The van der Waals surface area contributed by atoms with Gasteiger partial charge >= 0.3 is 0 Å². The van der Waals surface area contributed by atoms with Crippen LogP contribution < -0.4 is 0 Å². The van der Waals surface area contributed by atoms with E-state index in [0.29, 0.717) is 19.7 Å². The normalized spacial score (nSPS) is 20.7.